The quantitative estimate of drug-likeness (QED) is 0.434. The molecule has 6 nitrogen and oxygen atoms in total. The first kappa shape index (κ1) is 20.9. The van der Waals surface area contributed by atoms with E-state index in [1.165, 1.54) is 13.0 Å². The number of anilines is 1. The molecule has 28 heavy (non-hydrogen) atoms. The number of esters is 1. The smallest absolute Gasteiger partial charge is 0.308 e. The molecule has 0 aliphatic carbocycles. The molecule has 0 saturated carbocycles. The molecular formula is C22H24N2O4. The summed E-state index contributed by atoms with van der Waals surface area (Å²) in [6.45, 7) is 5.56. The van der Waals surface area contributed by atoms with Crippen LogP contribution < -0.4 is 15.4 Å². The zero-order valence-electron chi connectivity index (χ0n) is 16.2. The molecule has 0 aromatic heterocycles. The van der Waals surface area contributed by atoms with Crippen LogP contribution in [0, 0.1) is 0 Å². The molecule has 2 rings (SSSR count). The first-order valence-corrected chi connectivity index (χ1v) is 9.01. The van der Waals surface area contributed by atoms with Gasteiger partial charge in [-0.25, -0.2) is 0 Å². The van der Waals surface area contributed by atoms with Crippen molar-refractivity contribution in [3.8, 4) is 5.75 Å². The van der Waals surface area contributed by atoms with Crippen LogP contribution in [0.3, 0.4) is 0 Å². The van der Waals surface area contributed by atoms with E-state index in [4.69, 9.17) is 4.74 Å². The summed E-state index contributed by atoms with van der Waals surface area (Å²) in [6.07, 6.45) is 2.41. The number of ether oxygens (including phenoxy) is 1. The average molecular weight is 380 g/mol. The summed E-state index contributed by atoms with van der Waals surface area (Å²) in [7, 11) is 0. The van der Waals surface area contributed by atoms with Gasteiger partial charge < -0.3 is 15.4 Å². The Morgan fingerprint density at radius 2 is 1.79 bits per heavy atom. The van der Waals surface area contributed by atoms with E-state index in [2.05, 4.69) is 10.6 Å². The summed E-state index contributed by atoms with van der Waals surface area (Å²) in [5, 5.41) is 5.63. The number of nitrogens with one attached hydrogen (secondary N) is 2. The number of allylic oxidation sites excluding steroid dienone is 1. The van der Waals surface area contributed by atoms with E-state index in [-0.39, 0.29) is 11.8 Å². The molecule has 2 N–H and O–H groups in total. The monoisotopic (exact) mass is 380 g/mol. The van der Waals surface area contributed by atoms with Crippen LogP contribution in [0.5, 0.6) is 5.75 Å². The summed E-state index contributed by atoms with van der Waals surface area (Å²) >= 11 is 0. The summed E-state index contributed by atoms with van der Waals surface area (Å²) in [5.74, 6) is -0.601. The van der Waals surface area contributed by atoms with Gasteiger partial charge in [0.25, 0.3) is 5.91 Å². The largest absolute Gasteiger partial charge is 0.427 e. The summed E-state index contributed by atoms with van der Waals surface area (Å²) in [5.41, 5.74) is 2.85. The van der Waals surface area contributed by atoms with Crippen molar-refractivity contribution < 1.29 is 19.1 Å². The highest BCUT2D eigenvalue weighted by atomic mass is 16.5. The van der Waals surface area contributed by atoms with Gasteiger partial charge in [0, 0.05) is 30.8 Å². The number of benzene rings is 2. The average Bonchev–Trinajstić information content (AvgIpc) is 2.66. The molecule has 0 heterocycles. The van der Waals surface area contributed by atoms with Crippen LogP contribution in [0.25, 0.3) is 0 Å². The van der Waals surface area contributed by atoms with Crippen molar-refractivity contribution in [2.45, 2.75) is 33.7 Å². The van der Waals surface area contributed by atoms with Gasteiger partial charge >= 0.3 is 5.97 Å². The minimum absolute atomic E-state index is 0.143. The molecule has 2 aromatic rings. The van der Waals surface area contributed by atoms with Crippen molar-refractivity contribution in [1.82, 2.24) is 5.32 Å². The lowest BCUT2D eigenvalue weighted by atomic mass is 10.1. The van der Waals surface area contributed by atoms with Gasteiger partial charge in [-0.2, -0.15) is 0 Å². The third-order valence-corrected chi connectivity index (χ3v) is 3.94. The molecule has 0 radical (unpaired) electrons. The number of hydrogen-bond acceptors (Lipinski definition) is 4. The van der Waals surface area contributed by atoms with Crippen molar-refractivity contribution in [1.29, 1.82) is 0 Å². The van der Waals surface area contributed by atoms with Crippen molar-refractivity contribution in [3.63, 3.8) is 0 Å². The Labute approximate surface area is 164 Å². The zero-order chi connectivity index (χ0) is 20.5. The maximum atomic E-state index is 12.5. The molecule has 2 amide bonds. The standard InChI is InChI=1S/C22H24N2O4/c1-4-15(2)11-21(26)23-14-17-7-5-9-19(12-17)24-22(27)18-8-6-10-20(13-18)28-16(3)25/h5-13H,4,14H2,1-3H3,(H,23,26)(H,24,27)/b15-11+. The highest BCUT2D eigenvalue weighted by Gasteiger charge is 2.09. The topological polar surface area (TPSA) is 84.5 Å². The second-order valence-electron chi connectivity index (χ2n) is 6.34. The fourth-order valence-electron chi connectivity index (χ4n) is 2.40. The Morgan fingerprint density at radius 1 is 1.04 bits per heavy atom. The number of carbonyl (C=O) groups is 3. The molecule has 0 fully saturated rings. The number of rotatable bonds is 7. The molecule has 0 spiro atoms. The fourth-order valence-corrected chi connectivity index (χ4v) is 2.40. The van der Waals surface area contributed by atoms with Gasteiger partial charge in [-0.3, -0.25) is 14.4 Å². The maximum Gasteiger partial charge on any atom is 0.308 e. The predicted octanol–water partition coefficient (Wildman–Crippen LogP) is 3.84. The highest BCUT2D eigenvalue weighted by Crippen LogP contribution is 2.16. The third-order valence-electron chi connectivity index (χ3n) is 3.94. The molecule has 2 aromatic carbocycles. The van der Waals surface area contributed by atoms with E-state index in [1.807, 2.05) is 19.9 Å². The second-order valence-corrected chi connectivity index (χ2v) is 6.34. The van der Waals surface area contributed by atoms with Crippen LogP contribution in [-0.2, 0) is 16.1 Å². The van der Waals surface area contributed by atoms with E-state index < -0.39 is 5.97 Å². The highest BCUT2D eigenvalue weighted by molar-refractivity contribution is 6.04. The van der Waals surface area contributed by atoms with Gasteiger partial charge in [-0.15, -0.1) is 0 Å². The molecule has 0 aliphatic heterocycles. The van der Waals surface area contributed by atoms with E-state index in [0.29, 0.717) is 23.5 Å². The van der Waals surface area contributed by atoms with Gasteiger partial charge in [0.15, 0.2) is 0 Å². The second kappa shape index (κ2) is 10.1. The van der Waals surface area contributed by atoms with Crippen LogP contribution in [0.4, 0.5) is 5.69 Å². The van der Waals surface area contributed by atoms with Crippen LogP contribution >= 0.6 is 0 Å². The van der Waals surface area contributed by atoms with Crippen LogP contribution in [-0.4, -0.2) is 17.8 Å². The number of hydrogen-bond donors (Lipinski definition) is 2. The van der Waals surface area contributed by atoms with Crippen LogP contribution in [0.2, 0.25) is 0 Å². The zero-order valence-corrected chi connectivity index (χ0v) is 16.2. The molecule has 0 saturated heterocycles. The van der Waals surface area contributed by atoms with Gasteiger partial charge in [-0.1, -0.05) is 30.7 Å². The predicted molar refractivity (Wildman–Crippen MR) is 108 cm³/mol. The lowest BCUT2D eigenvalue weighted by Gasteiger charge is -2.09. The molecule has 0 unspecified atom stereocenters. The molecule has 6 heteroatoms. The number of carbonyl (C=O) groups excluding carboxylic acids is 3. The summed E-state index contributed by atoms with van der Waals surface area (Å²) in [6, 6.07) is 13.6. The molecular weight excluding hydrogens is 356 g/mol. The van der Waals surface area contributed by atoms with Gasteiger partial charge in [0.05, 0.1) is 0 Å². The Kier molecular flexibility index (Phi) is 7.51. The normalized spacial score (nSPS) is 10.9. The first-order chi connectivity index (χ1) is 13.4. The lowest BCUT2D eigenvalue weighted by Crippen LogP contribution is -2.21. The first-order valence-electron chi connectivity index (χ1n) is 9.01. The van der Waals surface area contributed by atoms with Crippen LogP contribution in [0.15, 0.2) is 60.2 Å². The van der Waals surface area contributed by atoms with Crippen molar-refractivity contribution >= 4 is 23.5 Å². The number of amides is 2. The van der Waals surface area contributed by atoms with Crippen molar-refractivity contribution in [3.05, 3.63) is 71.3 Å². The minimum Gasteiger partial charge on any atom is -0.427 e. The van der Waals surface area contributed by atoms with Gasteiger partial charge in [-0.05, 0) is 49.2 Å². The molecule has 0 aliphatic rings. The van der Waals surface area contributed by atoms with Crippen LogP contribution in [0.1, 0.15) is 43.1 Å². The van der Waals surface area contributed by atoms with Crippen molar-refractivity contribution in [2.75, 3.05) is 5.32 Å². The maximum absolute atomic E-state index is 12.5. The third kappa shape index (κ3) is 6.72. The Bertz CT molecular complexity index is 903. The SMILES string of the molecule is CC/C(C)=C/C(=O)NCc1cccc(NC(=O)c2cccc(OC(C)=O)c2)c1. The molecule has 0 bridgehead atoms. The van der Waals surface area contributed by atoms with E-state index in [9.17, 15) is 14.4 Å². The Hall–Kier alpha value is -3.41. The van der Waals surface area contributed by atoms with Crippen molar-refractivity contribution in [2.24, 2.45) is 0 Å². The molecule has 146 valence electrons. The van der Waals surface area contributed by atoms with E-state index >= 15 is 0 Å². The summed E-state index contributed by atoms with van der Waals surface area (Å²) in [4.78, 5) is 35.4. The fraction of sp³-hybridized carbons (Fsp3) is 0.227. The van der Waals surface area contributed by atoms with Gasteiger partial charge in [0.1, 0.15) is 5.75 Å². The van der Waals surface area contributed by atoms with E-state index in [1.54, 1.807) is 42.5 Å². The summed E-state index contributed by atoms with van der Waals surface area (Å²) < 4.78 is 5.00. The molecule has 0 atom stereocenters. The Morgan fingerprint density at radius 3 is 2.50 bits per heavy atom. The van der Waals surface area contributed by atoms with Gasteiger partial charge in [0.2, 0.25) is 5.91 Å². The lowest BCUT2D eigenvalue weighted by molar-refractivity contribution is -0.131. The van der Waals surface area contributed by atoms with E-state index in [0.717, 1.165) is 17.6 Å². The Balaban J connectivity index is 2.01. The minimum atomic E-state index is -0.448.